The van der Waals surface area contributed by atoms with Crippen molar-refractivity contribution >= 4 is 11.9 Å². The quantitative estimate of drug-likeness (QED) is 0.826. The molecule has 4 nitrogen and oxygen atoms in total. The van der Waals surface area contributed by atoms with E-state index in [1.807, 2.05) is 0 Å². The molecular weight excluding hydrogens is 242 g/mol. The first-order chi connectivity index (χ1) is 9.01. The third kappa shape index (κ3) is 3.48. The summed E-state index contributed by atoms with van der Waals surface area (Å²) in [6.07, 6.45) is 8.51. The highest BCUT2D eigenvalue weighted by atomic mass is 16.4. The molecule has 0 aliphatic heterocycles. The fourth-order valence-electron chi connectivity index (χ4n) is 3.40. The predicted molar refractivity (Wildman–Crippen MR) is 72.7 cm³/mol. The molecule has 0 aromatic carbocycles. The number of amides is 1. The lowest BCUT2D eigenvalue weighted by Crippen LogP contribution is -2.46. The first-order valence-electron chi connectivity index (χ1n) is 7.55. The van der Waals surface area contributed by atoms with Gasteiger partial charge in [-0.3, -0.25) is 9.59 Å². The van der Waals surface area contributed by atoms with Crippen LogP contribution in [-0.4, -0.2) is 23.0 Å². The fraction of sp³-hybridized carbons (Fsp3) is 0.867. The summed E-state index contributed by atoms with van der Waals surface area (Å²) in [7, 11) is 0. The Bertz CT molecular complexity index is 339. The number of hydrogen-bond donors (Lipinski definition) is 2. The second kappa shape index (κ2) is 5.93. The molecule has 2 rings (SSSR count). The van der Waals surface area contributed by atoms with Crippen molar-refractivity contribution in [3.05, 3.63) is 0 Å². The van der Waals surface area contributed by atoms with E-state index in [1.54, 1.807) is 0 Å². The van der Waals surface area contributed by atoms with E-state index in [0.717, 1.165) is 38.5 Å². The molecule has 19 heavy (non-hydrogen) atoms. The van der Waals surface area contributed by atoms with E-state index in [-0.39, 0.29) is 23.3 Å². The van der Waals surface area contributed by atoms with Gasteiger partial charge in [0.15, 0.2) is 0 Å². The summed E-state index contributed by atoms with van der Waals surface area (Å²) in [4.78, 5) is 23.3. The van der Waals surface area contributed by atoms with Gasteiger partial charge in [0, 0.05) is 11.5 Å². The van der Waals surface area contributed by atoms with E-state index in [0.29, 0.717) is 12.8 Å². The fourth-order valence-corrected chi connectivity index (χ4v) is 3.40. The van der Waals surface area contributed by atoms with E-state index in [2.05, 4.69) is 12.2 Å². The van der Waals surface area contributed by atoms with Crippen LogP contribution in [0, 0.1) is 11.3 Å². The Kier molecular flexibility index (Phi) is 4.48. The summed E-state index contributed by atoms with van der Waals surface area (Å²) in [5.74, 6) is -0.714. The van der Waals surface area contributed by atoms with Crippen molar-refractivity contribution in [1.29, 1.82) is 0 Å². The van der Waals surface area contributed by atoms with Crippen LogP contribution in [0.5, 0.6) is 0 Å². The Morgan fingerprint density at radius 3 is 2.16 bits per heavy atom. The van der Waals surface area contributed by atoms with Gasteiger partial charge in [0.05, 0.1) is 5.92 Å². The maximum absolute atomic E-state index is 12.4. The number of carboxylic acids is 1. The molecule has 0 radical (unpaired) electrons. The predicted octanol–water partition coefficient (Wildman–Crippen LogP) is 2.72. The molecule has 0 heterocycles. The summed E-state index contributed by atoms with van der Waals surface area (Å²) in [6.45, 7) is 2.07. The molecule has 0 bridgehead atoms. The lowest BCUT2D eigenvalue weighted by molar-refractivity contribution is -0.143. The number of rotatable bonds is 3. The van der Waals surface area contributed by atoms with Crippen molar-refractivity contribution in [3.63, 3.8) is 0 Å². The van der Waals surface area contributed by atoms with E-state index in [1.165, 1.54) is 6.42 Å². The Morgan fingerprint density at radius 2 is 1.63 bits per heavy atom. The number of carbonyl (C=O) groups excluding carboxylic acids is 1. The van der Waals surface area contributed by atoms with Crippen LogP contribution in [0.3, 0.4) is 0 Å². The molecule has 0 aromatic rings. The molecule has 0 unspecified atom stereocenters. The summed E-state index contributed by atoms with van der Waals surface area (Å²) in [5.41, 5.74) is -0.193. The average molecular weight is 267 g/mol. The van der Waals surface area contributed by atoms with Crippen LogP contribution >= 0.6 is 0 Å². The molecule has 108 valence electrons. The first-order valence-corrected chi connectivity index (χ1v) is 7.55. The highest BCUT2D eigenvalue weighted by molar-refractivity contribution is 5.82. The van der Waals surface area contributed by atoms with E-state index < -0.39 is 5.97 Å². The molecule has 0 aromatic heterocycles. The van der Waals surface area contributed by atoms with Crippen molar-refractivity contribution in [1.82, 2.24) is 5.32 Å². The second-order valence-electron chi connectivity index (χ2n) is 6.48. The molecule has 0 saturated heterocycles. The van der Waals surface area contributed by atoms with Gasteiger partial charge in [-0.05, 0) is 38.5 Å². The SMILES string of the molecule is CC1(C(=O)NC2CCC(C(=O)O)CC2)CCCCC1. The van der Waals surface area contributed by atoms with E-state index >= 15 is 0 Å². The molecule has 2 saturated carbocycles. The maximum Gasteiger partial charge on any atom is 0.306 e. The van der Waals surface area contributed by atoms with Crippen LogP contribution in [0.15, 0.2) is 0 Å². The summed E-state index contributed by atoms with van der Waals surface area (Å²) in [6, 6.07) is 0.182. The third-order valence-corrected chi connectivity index (χ3v) is 4.92. The highest BCUT2D eigenvalue weighted by Crippen LogP contribution is 2.36. The highest BCUT2D eigenvalue weighted by Gasteiger charge is 2.36. The standard InChI is InChI=1S/C15H25NO3/c1-15(9-3-2-4-10-15)14(19)16-12-7-5-11(6-8-12)13(17)18/h11-12H,2-10H2,1H3,(H,16,19)(H,17,18). The van der Waals surface area contributed by atoms with Gasteiger partial charge in [-0.15, -0.1) is 0 Å². The zero-order valence-corrected chi connectivity index (χ0v) is 11.8. The van der Waals surface area contributed by atoms with Crippen LogP contribution in [0.2, 0.25) is 0 Å². The Morgan fingerprint density at radius 1 is 1.05 bits per heavy atom. The van der Waals surface area contributed by atoms with Crippen molar-refractivity contribution in [3.8, 4) is 0 Å². The minimum Gasteiger partial charge on any atom is -0.481 e. The molecule has 2 aliphatic carbocycles. The Balaban J connectivity index is 1.82. The summed E-state index contributed by atoms with van der Waals surface area (Å²) in [5, 5.41) is 12.1. The van der Waals surface area contributed by atoms with Gasteiger partial charge in [0.1, 0.15) is 0 Å². The minimum absolute atomic E-state index is 0.182. The number of carbonyl (C=O) groups is 2. The van der Waals surface area contributed by atoms with Crippen LogP contribution in [-0.2, 0) is 9.59 Å². The van der Waals surface area contributed by atoms with Gasteiger partial charge in [-0.25, -0.2) is 0 Å². The number of carboxylic acid groups (broad SMARTS) is 1. The molecule has 1 amide bonds. The number of nitrogens with one attached hydrogen (secondary N) is 1. The normalized spacial score (nSPS) is 30.6. The molecule has 4 heteroatoms. The van der Waals surface area contributed by atoms with Gasteiger partial charge in [-0.2, -0.15) is 0 Å². The molecule has 2 aliphatic rings. The smallest absolute Gasteiger partial charge is 0.306 e. The Labute approximate surface area is 115 Å². The average Bonchev–Trinajstić information content (AvgIpc) is 2.40. The molecule has 2 fully saturated rings. The largest absolute Gasteiger partial charge is 0.481 e. The van der Waals surface area contributed by atoms with Gasteiger partial charge < -0.3 is 10.4 Å². The van der Waals surface area contributed by atoms with Crippen molar-refractivity contribution in [2.45, 2.75) is 70.8 Å². The lowest BCUT2D eigenvalue weighted by Gasteiger charge is -2.35. The number of hydrogen-bond acceptors (Lipinski definition) is 2. The van der Waals surface area contributed by atoms with Crippen LogP contribution in [0.25, 0.3) is 0 Å². The van der Waals surface area contributed by atoms with Gasteiger partial charge in [-0.1, -0.05) is 26.2 Å². The molecule has 0 spiro atoms. The summed E-state index contributed by atoms with van der Waals surface area (Å²) >= 11 is 0. The Hall–Kier alpha value is -1.06. The van der Waals surface area contributed by atoms with Crippen molar-refractivity contribution in [2.75, 3.05) is 0 Å². The zero-order chi connectivity index (χ0) is 13.9. The topological polar surface area (TPSA) is 66.4 Å². The molecular formula is C15H25NO3. The van der Waals surface area contributed by atoms with Crippen LogP contribution in [0.4, 0.5) is 0 Å². The first kappa shape index (κ1) is 14.4. The lowest BCUT2D eigenvalue weighted by atomic mass is 9.74. The molecule has 0 atom stereocenters. The van der Waals surface area contributed by atoms with E-state index in [4.69, 9.17) is 5.11 Å². The van der Waals surface area contributed by atoms with Crippen molar-refractivity contribution < 1.29 is 14.7 Å². The van der Waals surface area contributed by atoms with Crippen LogP contribution < -0.4 is 5.32 Å². The van der Waals surface area contributed by atoms with Gasteiger partial charge >= 0.3 is 5.97 Å². The second-order valence-corrected chi connectivity index (χ2v) is 6.48. The maximum atomic E-state index is 12.4. The van der Waals surface area contributed by atoms with Crippen molar-refractivity contribution in [2.24, 2.45) is 11.3 Å². The third-order valence-electron chi connectivity index (χ3n) is 4.92. The number of aliphatic carboxylic acids is 1. The van der Waals surface area contributed by atoms with E-state index in [9.17, 15) is 9.59 Å². The van der Waals surface area contributed by atoms with Gasteiger partial charge in [0.2, 0.25) is 5.91 Å². The van der Waals surface area contributed by atoms with Crippen LogP contribution in [0.1, 0.15) is 64.7 Å². The monoisotopic (exact) mass is 267 g/mol. The van der Waals surface area contributed by atoms with Gasteiger partial charge in [0.25, 0.3) is 0 Å². The minimum atomic E-state index is -0.691. The summed E-state index contributed by atoms with van der Waals surface area (Å²) < 4.78 is 0. The zero-order valence-electron chi connectivity index (χ0n) is 11.8. The molecule has 2 N–H and O–H groups in total.